The summed E-state index contributed by atoms with van der Waals surface area (Å²) >= 11 is 0. The lowest BCUT2D eigenvalue weighted by molar-refractivity contribution is 0.251. The molecule has 25 heavy (non-hydrogen) atoms. The van der Waals surface area contributed by atoms with Crippen LogP contribution in [-0.2, 0) is 6.54 Å². The fourth-order valence-electron chi connectivity index (χ4n) is 2.49. The molecule has 0 unspecified atom stereocenters. The molecule has 0 bridgehead atoms. The molecule has 2 amide bonds. The zero-order chi connectivity index (χ0) is 17.4. The molecule has 1 aliphatic carbocycles. The van der Waals surface area contributed by atoms with Gasteiger partial charge in [0.15, 0.2) is 11.5 Å². The van der Waals surface area contributed by atoms with Crippen molar-refractivity contribution in [3.8, 4) is 0 Å². The molecule has 9 heteroatoms. The molecule has 0 aliphatic heterocycles. The molecule has 1 saturated carbocycles. The number of aromatic amines is 2. The van der Waals surface area contributed by atoms with Crippen LogP contribution >= 0.6 is 0 Å². The number of H-pyrrole nitrogens is 2. The number of urea groups is 1. The number of hydrogen-bond donors (Lipinski definition) is 4. The summed E-state index contributed by atoms with van der Waals surface area (Å²) in [5, 5.41) is 5.24. The maximum atomic E-state index is 12.0. The number of nitrogens with one attached hydrogen (secondary N) is 4. The average molecular weight is 341 g/mol. The molecule has 3 aromatic rings. The Kier molecular flexibility index (Phi) is 3.60. The van der Waals surface area contributed by atoms with Crippen LogP contribution < -0.4 is 21.9 Å². The fourth-order valence-corrected chi connectivity index (χ4v) is 2.49. The van der Waals surface area contributed by atoms with E-state index in [9.17, 15) is 14.4 Å². The van der Waals surface area contributed by atoms with Gasteiger partial charge in [-0.25, -0.2) is 14.6 Å². The summed E-state index contributed by atoms with van der Waals surface area (Å²) in [6.07, 6.45) is 2.20. The summed E-state index contributed by atoms with van der Waals surface area (Å²) in [6.45, 7) is 0.0153. The van der Waals surface area contributed by atoms with E-state index in [1.165, 1.54) is 6.07 Å². The molecule has 0 spiro atoms. The van der Waals surface area contributed by atoms with E-state index in [1.807, 2.05) is 0 Å². The third-order valence-electron chi connectivity index (χ3n) is 3.84. The molecule has 128 valence electrons. The predicted octanol–water partition coefficient (Wildman–Crippen LogP) is 1.40. The molecule has 1 fully saturated rings. The number of carbonyl (C=O) groups excluding carboxylic acids is 1. The summed E-state index contributed by atoms with van der Waals surface area (Å²) in [4.78, 5) is 43.3. The highest BCUT2D eigenvalue weighted by molar-refractivity contribution is 5.91. The van der Waals surface area contributed by atoms with Gasteiger partial charge in [0.1, 0.15) is 5.52 Å². The SMILES string of the molecule is O=C(NCc1cc(=O)[nH]c(=O)[nH]1)Nc1ccc2nc(C3CC3)oc2c1. The maximum Gasteiger partial charge on any atom is 0.325 e. The van der Waals surface area contributed by atoms with Crippen LogP contribution in [0.5, 0.6) is 0 Å². The number of anilines is 1. The minimum atomic E-state index is -0.619. The van der Waals surface area contributed by atoms with Crippen molar-refractivity contribution in [2.75, 3.05) is 5.32 Å². The van der Waals surface area contributed by atoms with Crippen molar-refractivity contribution in [3.63, 3.8) is 0 Å². The number of fused-ring (bicyclic) bond motifs is 1. The maximum absolute atomic E-state index is 12.0. The van der Waals surface area contributed by atoms with E-state index < -0.39 is 17.3 Å². The number of nitrogens with zero attached hydrogens (tertiary/aromatic N) is 1. The number of benzene rings is 1. The molecule has 1 aliphatic rings. The second-order valence-electron chi connectivity index (χ2n) is 5.93. The highest BCUT2D eigenvalue weighted by Crippen LogP contribution is 2.40. The molecule has 2 aromatic heterocycles. The standard InChI is InChI=1S/C16H15N5O4/c22-13-6-10(19-16(24)21-13)7-17-15(23)18-9-3-4-11-12(5-9)25-14(20-11)8-1-2-8/h3-6,8H,1-2,7H2,(H2,17,18,23)(H2,19,21,22,24). The normalized spacial score (nSPS) is 13.8. The molecular formula is C16H15N5O4. The molecule has 0 radical (unpaired) electrons. The van der Waals surface area contributed by atoms with E-state index in [1.54, 1.807) is 18.2 Å². The van der Waals surface area contributed by atoms with Crippen LogP contribution in [0.1, 0.15) is 30.3 Å². The first-order chi connectivity index (χ1) is 12.1. The van der Waals surface area contributed by atoms with Gasteiger partial charge < -0.3 is 20.0 Å². The van der Waals surface area contributed by atoms with Gasteiger partial charge >= 0.3 is 11.7 Å². The Bertz CT molecular complexity index is 1030. The topological polar surface area (TPSA) is 133 Å². The number of rotatable bonds is 4. The van der Waals surface area contributed by atoms with Crippen LogP contribution in [0.2, 0.25) is 0 Å². The van der Waals surface area contributed by atoms with Gasteiger partial charge in [-0.05, 0) is 25.0 Å². The summed E-state index contributed by atoms with van der Waals surface area (Å²) in [5.74, 6) is 1.16. The first kappa shape index (κ1) is 15.2. The second-order valence-corrected chi connectivity index (χ2v) is 5.93. The predicted molar refractivity (Wildman–Crippen MR) is 89.5 cm³/mol. The smallest absolute Gasteiger partial charge is 0.325 e. The van der Waals surface area contributed by atoms with Gasteiger partial charge in [0.25, 0.3) is 5.56 Å². The van der Waals surface area contributed by atoms with E-state index >= 15 is 0 Å². The van der Waals surface area contributed by atoms with Crippen LogP contribution in [0.3, 0.4) is 0 Å². The Morgan fingerprint density at radius 2 is 2.08 bits per heavy atom. The summed E-state index contributed by atoms with van der Waals surface area (Å²) in [7, 11) is 0. The second kappa shape index (κ2) is 5.93. The molecule has 4 rings (SSSR count). The third-order valence-corrected chi connectivity index (χ3v) is 3.84. The Hall–Kier alpha value is -3.36. The highest BCUT2D eigenvalue weighted by atomic mass is 16.3. The van der Waals surface area contributed by atoms with Crippen molar-refractivity contribution in [3.05, 3.63) is 56.7 Å². The van der Waals surface area contributed by atoms with Gasteiger partial charge in [0.05, 0.1) is 6.54 Å². The van der Waals surface area contributed by atoms with E-state index in [0.29, 0.717) is 22.9 Å². The van der Waals surface area contributed by atoms with Gasteiger partial charge in [-0.3, -0.25) is 9.78 Å². The van der Waals surface area contributed by atoms with Gasteiger partial charge in [-0.1, -0.05) is 0 Å². The highest BCUT2D eigenvalue weighted by Gasteiger charge is 2.28. The van der Waals surface area contributed by atoms with Gasteiger partial charge in [0.2, 0.25) is 0 Å². The Morgan fingerprint density at radius 1 is 1.24 bits per heavy atom. The monoisotopic (exact) mass is 341 g/mol. The third kappa shape index (κ3) is 3.44. The Labute approximate surface area is 140 Å². The largest absolute Gasteiger partial charge is 0.440 e. The molecule has 4 N–H and O–H groups in total. The van der Waals surface area contributed by atoms with Crippen LogP contribution in [0.15, 0.2) is 38.3 Å². The number of amides is 2. The Balaban J connectivity index is 1.42. The quantitative estimate of drug-likeness (QED) is 0.569. The van der Waals surface area contributed by atoms with Crippen molar-refractivity contribution >= 4 is 22.8 Å². The lowest BCUT2D eigenvalue weighted by Gasteiger charge is -2.07. The molecular weight excluding hydrogens is 326 g/mol. The van der Waals surface area contributed by atoms with Crippen LogP contribution in [-0.4, -0.2) is 21.0 Å². The lowest BCUT2D eigenvalue weighted by Crippen LogP contribution is -2.31. The number of oxazole rings is 1. The molecule has 0 saturated heterocycles. The van der Waals surface area contributed by atoms with Crippen molar-refractivity contribution in [1.29, 1.82) is 0 Å². The zero-order valence-electron chi connectivity index (χ0n) is 13.1. The van der Waals surface area contributed by atoms with Crippen molar-refractivity contribution < 1.29 is 9.21 Å². The van der Waals surface area contributed by atoms with Crippen molar-refractivity contribution in [1.82, 2.24) is 20.3 Å². The first-order valence-electron chi connectivity index (χ1n) is 7.85. The average Bonchev–Trinajstić information content (AvgIpc) is 3.32. The van der Waals surface area contributed by atoms with E-state index in [4.69, 9.17) is 4.42 Å². The van der Waals surface area contributed by atoms with E-state index in [-0.39, 0.29) is 6.54 Å². The molecule has 9 nitrogen and oxygen atoms in total. The Morgan fingerprint density at radius 3 is 2.84 bits per heavy atom. The number of carbonyl (C=O) groups is 1. The number of aromatic nitrogens is 3. The molecule has 0 atom stereocenters. The van der Waals surface area contributed by atoms with Crippen molar-refractivity contribution in [2.24, 2.45) is 0 Å². The van der Waals surface area contributed by atoms with Crippen LogP contribution in [0.25, 0.3) is 11.1 Å². The summed E-state index contributed by atoms with van der Waals surface area (Å²) in [6, 6.07) is 5.97. The van der Waals surface area contributed by atoms with Gasteiger partial charge in [-0.15, -0.1) is 0 Å². The van der Waals surface area contributed by atoms with Gasteiger partial charge in [0, 0.05) is 29.4 Å². The first-order valence-corrected chi connectivity index (χ1v) is 7.85. The molecule has 2 heterocycles. The fraction of sp³-hybridized carbons (Fsp3) is 0.250. The lowest BCUT2D eigenvalue weighted by atomic mass is 10.3. The van der Waals surface area contributed by atoms with Crippen LogP contribution in [0.4, 0.5) is 10.5 Å². The number of hydrogen-bond acceptors (Lipinski definition) is 5. The minimum Gasteiger partial charge on any atom is -0.440 e. The van der Waals surface area contributed by atoms with Crippen molar-refractivity contribution in [2.45, 2.75) is 25.3 Å². The van der Waals surface area contributed by atoms with Gasteiger partial charge in [-0.2, -0.15) is 0 Å². The van der Waals surface area contributed by atoms with E-state index in [2.05, 4.69) is 25.6 Å². The zero-order valence-corrected chi connectivity index (χ0v) is 13.1. The summed E-state index contributed by atoms with van der Waals surface area (Å²) in [5.41, 5.74) is 1.11. The van der Waals surface area contributed by atoms with Crippen LogP contribution in [0, 0.1) is 0 Å². The van der Waals surface area contributed by atoms with E-state index in [0.717, 1.165) is 24.2 Å². The molecule has 1 aromatic carbocycles. The summed E-state index contributed by atoms with van der Waals surface area (Å²) < 4.78 is 5.71. The minimum absolute atomic E-state index is 0.0153.